The number of anilines is 2. The molecule has 1 aliphatic rings. The van der Waals surface area contributed by atoms with Gasteiger partial charge in [0.15, 0.2) is 9.84 Å². The van der Waals surface area contributed by atoms with Crippen LogP contribution in [0.25, 0.3) is 0 Å². The molecule has 27 heavy (non-hydrogen) atoms. The second-order valence-corrected chi connectivity index (χ2v) is 9.05. The van der Waals surface area contributed by atoms with Gasteiger partial charge in [0.25, 0.3) is 5.91 Å². The van der Waals surface area contributed by atoms with Crippen LogP contribution in [-0.4, -0.2) is 48.7 Å². The molecule has 146 valence electrons. The van der Waals surface area contributed by atoms with Crippen LogP contribution in [-0.2, 0) is 9.84 Å². The minimum absolute atomic E-state index is 0.0867. The number of rotatable bonds is 6. The van der Waals surface area contributed by atoms with Gasteiger partial charge in [0.05, 0.1) is 29.3 Å². The summed E-state index contributed by atoms with van der Waals surface area (Å²) in [6, 6.07) is 7.55. The van der Waals surface area contributed by atoms with E-state index in [9.17, 15) is 13.2 Å². The summed E-state index contributed by atoms with van der Waals surface area (Å²) in [5, 5.41) is 7.16. The summed E-state index contributed by atoms with van der Waals surface area (Å²) in [7, 11) is -3.00. The number of carbonyl (C=O) groups is 1. The number of hydrogen-bond acceptors (Lipinski definition) is 5. The fraction of sp³-hybridized carbons (Fsp3) is 0.474. The van der Waals surface area contributed by atoms with Gasteiger partial charge in [0, 0.05) is 30.2 Å². The van der Waals surface area contributed by atoms with E-state index in [1.165, 1.54) is 6.20 Å². The van der Waals surface area contributed by atoms with Crippen LogP contribution in [0.5, 0.6) is 0 Å². The molecule has 1 aromatic carbocycles. The molecule has 1 aromatic heterocycles. The van der Waals surface area contributed by atoms with Gasteiger partial charge in [-0.15, -0.1) is 0 Å². The van der Waals surface area contributed by atoms with Crippen molar-refractivity contribution in [1.29, 1.82) is 0 Å². The predicted molar refractivity (Wildman–Crippen MR) is 107 cm³/mol. The molecule has 0 aliphatic carbocycles. The lowest BCUT2D eigenvalue weighted by Crippen LogP contribution is -2.21. The summed E-state index contributed by atoms with van der Waals surface area (Å²) in [6.45, 7) is 7.87. The van der Waals surface area contributed by atoms with Crippen molar-refractivity contribution in [1.82, 2.24) is 9.78 Å². The number of sulfone groups is 1. The first-order valence-electron chi connectivity index (χ1n) is 9.25. The van der Waals surface area contributed by atoms with Gasteiger partial charge in [0.1, 0.15) is 0 Å². The van der Waals surface area contributed by atoms with Crippen molar-refractivity contribution >= 4 is 27.1 Å². The normalized spacial score (nSPS) is 18.4. The molecule has 1 aliphatic heterocycles. The maximum atomic E-state index is 12.6. The van der Waals surface area contributed by atoms with Crippen molar-refractivity contribution in [3.8, 4) is 0 Å². The van der Waals surface area contributed by atoms with Crippen LogP contribution in [0.3, 0.4) is 0 Å². The zero-order chi connectivity index (χ0) is 19.6. The number of benzene rings is 1. The quantitative estimate of drug-likeness (QED) is 0.820. The summed E-state index contributed by atoms with van der Waals surface area (Å²) in [5.41, 5.74) is 2.98. The predicted octanol–water partition coefficient (Wildman–Crippen LogP) is 2.65. The number of nitrogens with one attached hydrogen (secondary N) is 1. The molecular weight excluding hydrogens is 364 g/mol. The molecule has 0 spiro atoms. The Morgan fingerprint density at radius 2 is 1.93 bits per heavy atom. The molecule has 1 unspecified atom stereocenters. The highest BCUT2D eigenvalue weighted by atomic mass is 32.2. The van der Waals surface area contributed by atoms with Crippen LogP contribution in [0.1, 0.15) is 42.4 Å². The second-order valence-electron chi connectivity index (χ2n) is 6.82. The average Bonchev–Trinajstić information content (AvgIpc) is 3.19. The number of nitrogens with zero attached hydrogens (tertiary/aromatic N) is 3. The third kappa shape index (κ3) is 4.16. The Hall–Kier alpha value is -2.35. The van der Waals surface area contributed by atoms with Gasteiger partial charge >= 0.3 is 0 Å². The molecule has 2 aromatic rings. The van der Waals surface area contributed by atoms with E-state index in [2.05, 4.69) is 29.2 Å². The van der Waals surface area contributed by atoms with Crippen LogP contribution in [0.4, 0.5) is 11.4 Å². The number of aromatic nitrogens is 2. The number of amides is 1. The Morgan fingerprint density at radius 1 is 1.26 bits per heavy atom. The summed E-state index contributed by atoms with van der Waals surface area (Å²) in [5.74, 6) is 0.0241. The molecule has 1 saturated heterocycles. The van der Waals surface area contributed by atoms with Gasteiger partial charge in [0.2, 0.25) is 0 Å². The molecule has 1 N–H and O–H groups in total. The van der Waals surface area contributed by atoms with Gasteiger partial charge in [-0.05, 0) is 51.5 Å². The van der Waals surface area contributed by atoms with Gasteiger partial charge in [-0.1, -0.05) is 0 Å². The van der Waals surface area contributed by atoms with Crippen molar-refractivity contribution in [2.24, 2.45) is 0 Å². The van der Waals surface area contributed by atoms with E-state index in [0.29, 0.717) is 23.4 Å². The molecule has 1 amide bonds. The monoisotopic (exact) mass is 390 g/mol. The molecule has 3 rings (SSSR count). The SMILES string of the molecule is CCN(CC)c1ccc(NC(=O)c2cnn(C3CCS(=O)(=O)C3)c2C)cc1. The maximum Gasteiger partial charge on any atom is 0.259 e. The Balaban J connectivity index is 1.72. The van der Waals surface area contributed by atoms with E-state index >= 15 is 0 Å². The fourth-order valence-corrected chi connectivity index (χ4v) is 5.22. The largest absolute Gasteiger partial charge is 0.372 e. The van der Waals surface area contributed by atoms with Gasteiger partial charge in [-0.2, -0.15) is 5.10 Å². The molecule has 2 heterocycles. The molecule has 0 saturated carbocycles. The van der Waals surface area contributed by atoms with Crippen LogP contribution in [0.15, 0.2) is 30.5 Å². The highest BCUT2D eigenvalue weighted by molar-refractivity contribution is 7.91. The first-order valence-corrected chi connectivity index (χ1v) is 11.1. The highest BCUT2D eigenvalue weighted by Gasteiger charge is 2.31. The standard InChI is InChI=1S/C19H26N4O3S/c1-4-22(5-2)16-8-6-15(7-9-16)21-19(24)18-12-20-23(14(18)3)17-10-11-27(25,26)13-17/h6-9,12,17H,4-5,10-11,13H2,1-3H3,(H,21,24). The van der Waals surface area contributed by atoms with E-state index in [4.69, 9.17) is 0 Å². The topological polar surface area (TPSA) is 84.3 Å². The van der Waals surface area contributed by atoms with Gasteiger partial charge in [-0.25, -0.2) is 8.42 Å². The lowest BCUT2D eigenvalue weighted by atomic mass is 10.2. The maximum absolute atomic E-state index is 12.6. The van der Waals surface area contributed by atoms with E-state index in [-0.39, 0.29) is 23.5 Å². The molecule has 8 heteroatoms. The van der Waals surface area contributed by atoms with E-state index < -0.39 is 9.84 Å². The third-order valence-electron chi connectivity index (χ3n) is 5.10. The summed E-state index contributed by atoms with van der Waals surface area (Å²) in [4.78, 5) is 14.9. The zero-order valence-corrected chi connectivity index (χ0v) is 16.8. The van der Waals surface area contributed by atoms with Gasteiger partial charge in [-0.3, -0.25) is 9.48 Å². The van der Waals surface area contributed by atoms with Crippen LogP contribution >= 0.6 is 0 Å². The van der Waals surface area contributed by atoms with E-state index in [1.807, 2.05) is 24.3 Å². The Kier molecular flexibility index (Phi) is 5.55. The van der Waals surface area contributed by atoms with Crippen molar-refractivity contribution < 1.29 is 13.2 Å². The van der Waals surface area contributed by atoms with Crippen molar-refractivity contribution in [2.75, 3.05) is 34.8 Å². The molecular formula is C19H26N4O3S. The summed E-state index contributed by atoms with van der Waals surface area (Å²) < 4.78 is 25.1. The molecule has 0 bridgehead atoms. The van der Waals surface area contributed by atoms with Gasteiger partial charge < -0.3 is 10.2 Å². The number of carbonyl (C=O) groups excluding carboxylic acids is 1. The van der Waals surface area contributed by atoms with Crippen LogP contribution < -0.4 is 10.2 Å². The Bertz CT molecular complexity index is 915. The van der Waals surface area contributed by atoms with Crippen molar-refractivity contribution in [2.45, 2.75) is 33.2 Å². The number of hydrogen-bond donors (Lipinski definition) is 1. The molecule has 0 radical (unpaired) electrons. The smallest absolute Gasteiger partial charge is 0.259 e. The first kappa shape index (κ1) is 19.4. The first-order chi connectivity index (χ1) is 12.8. The summed E-state index contributed by atoms with van der Waals surface area (Å²) in [6.07, 6.45) is 2.05. The van der Waals surface area contributed by atoms with Crippen LogP contribution in [0.2, 0.25) is 0 Å². The lowest BCUT2D eigenvalue weighted by Gasteiger charge is -2.21. The Morgan fingerprint density at radius 3 is 2.48 bits per heavy atom. The Labute approximate surface area is 160 Å². The lowest BCUT2D eigenvalue weighted by molar-refractivity contribution is 0.102. The van der Waals surface area contributed by atoms with E-state index in [1.54, 1.807) is 11.6 Å². The summed E-state index contributed by atoms with van der Waals surface area (Å²) >= 11 is 0. The van der Waals surface area contributed by atoms with Crippen LogP contribution in [0, 0.1) is 6.92 Å². The minimum atomic E-state index is -3.00. The second kappa shape index (κ2) is 7.72. The highest BCUT2D eigenvalue weighted by Crippen LogP contribution is 2.26. The fourth-order valence-electron chi connectivity index (χ4n) is 3.53. The minimum Gasteiger partial charge on any atom is -0.372 e. The van der Waals surface area contributed by atoms with Crippen molar-refractivity contribution in [3.63, 3.8) is 0 Å². The van der Waals surface area contributed by atoms with E-state index in [0.717, 1.165) is 18.8 Å². The molecule has 1 fully saturated rings. The third-order valence-corrected chi connectivity index (χ3v) is 6.85. The molecule has 7 nitrogen and oxygen atoms in total. The average molecular weight is 391 g/mol. The zero-order valence-electron chi connectivity index (χ0n) is 16.0. The van der Waals surface area contributed by atoms with Crippen molar-refractivity contribution in [3.05, 3.63) is 41.7 Å². The molecule has 1 atom stereocenters.